The molecule has 0 radical (unpaired) electrons. The molecule has 2 saturated heterocycles. The fourth-order valence-electron chi connectivity index (χ4n) is 3.87. The number of piperazine rings is 1. The number of ether oxygens (including phenoxy) is 2. The van der Waals surface area contributed by atoms with Crippen molar-refractivity contribution in [2.45, 2.75) is 38.1 Å². The van der Waals surface area contributed by atoms with E-state index in [1.807, 2.05) is 0 Å². The molecule has 2 heterocycles. The smallest absolute Gasteiger partial charge is 0.381 e. The highest BCUT2D eigenvalue weighted by atomic mass is 127. The monoisotopic (exact) mass is 570 g/mol. The number of guanidine groups is 1. The van der Waals surface area contributed by atoms with Crippen molar-refractivity contribution in [2.75, 3.05) is 59.6 Å². The molecule has 0 amide bonds. The number of rotatable bonds is 7. The number of nitrogens with zero attached hydrogens (tertiary/aromatic N) is 3. The van der Waals surface area contributed by atoms with E-state index < -0.39 is 11.7 Å². The number of nitrogens with one attached hydrogen (secondary N) is 1. The standard InChI is InChI=1S/C22H33F3N4O2.HI/c1-26-21(27-9-2-14-31-20-7-15-30-16-8-20)29-12-10-28(11-13-29)17-18-3-5-19(6-4-18)22(23,24)25;/h3-6,20H,2,7-17H2,1H3,(H,26,27);1H. The quantitative estimate of drug-likeness (QED) is 0.235. The molecule has 6 nitrogen and oxygen atoms in total. The summed E-state index contributed by atoms with van der Waals surface area (Å²) < 4.78 is 49.3. The van der Waals surface area contributed by atoms with Crippen LogP contribution in [0, 0.1) is 0 Å². The van der Waals surface area contributed by atoms with E-state index in [0.717, 1.165) is 95.5 Å². The van der Waals surface area contributed by atoms with Gasteiger partial charge in [0, 0.05) is 66.1 Å². The zero-order valence-electron chi connectivity index (χ0n) is 18.6. The number of benzene rings is 1. The first-order chi connectivity index (χ1) is 15.0. The van der Waals surface area contributed by atoms with Crippen molar-refractivity contribution >= 4 is 29.9 Å². The van der Waals surface area contributed by atoms with E-state index >= 15 is 0 Å². The average molecular weight is 570 g/mol. The summed E-state index contributed by atoms with van der Waals surface area (Å²) in [4.78, 5) is 8.87. The summed E-state index contributed by atoms with van der Waals surface area (Å²) in [6, 6.07) is 5.45. The minimum Gasteiger partial charge on any atom is -0.381 e. The van der Waals surface area contributed by atoms with Gasteiger partial charge in [-0.1, -0.05) is 12.1 Å². The van der Waals surface area contributed by atoms with Gasteiger partial charge in [0.05, 0.1) is 11.7 Å². The van der Waals surface area contributed by atoms with E-state index in [1.54, 1.807) is 19.2 Å². The molecule has 2 aliphatic heterocycles. The molecule has 1 N–H and O–H groups in total. The van der Waals surface area contributed by atoms with Crippen LogP contribution in [-0.2, 0) is 22.2 Å². The molecular formula is C22H34F3IN4O2. The van der Waals surface area contributed by atoms with Crippen LogP contribution >= 0.6 is 24.0 Å². The van der Waals surface area contributed by atoms with E-state index in [2.05, 4.69) is 20.1 Å². The maximum atomic E-state index is 12.7. The number of aliphatic imine (C=N–C) groups is 1. The van der Waals surface area contributed by atoms with Gasteiger partial charge >= 0.3 is 6.18 Å². The van der Waals surface area contributed by atoms with Crippen molar-refractivity contribution in [2.24, 2.45) is 4.99 Å². The lowest BCUT2D eigenvalue weighted by molar-refractivity contribution is -0.137. The van der Waals surface area contributed by atoms with Crippen LogP contribution in [0.4, 0.5) is 13.2 Å². The Labute approximate surface area is 205 Å². The first-order valence-corrected chi connectivity index (χ1v) is 11.0. The van der Waals surface area contributed by atoms with Gasteiger partial charge in [0.2, 0.25) is 0 Å². The first-order valence-electron chi connectivity index (χ1n) is 11.0. The van der Waals surface area contributed by atoms with E-state index in [1.165, 1.54) is 0 Å². The summed E-state index contributed by atoms with van der Waals surface area (Å²) in [6.45, 7) is 7.13. The summed E-state index contributed by atoms with van der Waals surface area (Å²) in [5.74, 6) is 0.889. The zero-order chi connectivity index (χ0) is 22.1. The van der Waals surface area contributed by atoms with Gasteiger partial charge in [-0.25, -0.2) is 0 Å². The molecule has 1 aromatic rings. The summed E-state index contributed by atoms with van der Waals surface area (Å²) in [6.07, 6.45) is -1.09. The fourth-order valence-corrected chi connectivity index (χ4v) is 3.87. The van der Waals surface area contributed by atoms with E-state index in [0.29, 0.717) is 12.6 Å². The van der Waals surface area contributed by atoms with Crippen molar-refractivity contribution < 1.29 is 22.6 Å². The van der Waals surface area contributed by atoms with Crippen LogP contribution in [0.3, 0.4) is 0 Å². The molecule has 32 heavy (non-hydrogen) atoms. The molecule has 0 atom stereocenters. The van der Waals surface area contributed by atoms with Gasteiger partial charge in [0.1, 0.15) is 0 Å². The number of hydrogen-bond donors (Lipinski definition) is 1. The minimum atomic E-state index is -4.29. The highest BCUT2D eigenvalue weighted by Gasteiger charge is 2.30. The number of alkyl halides is 3. The Morgan fingerprint density at radius 2 is 1.78 bits per heavy atom. The molecule has 10 heteroatoms. The summed E-state index contributed by atoms with van der Waals surface area (Å²) >= 11 is 0. The van der Waals surface area contributed by atoms with Crippen LogP contribution in [0.5, 0.6) is 0 Å². The van der Waals surface area contributed by atoms with Crippen LogP contribution < -0.4 is 5.32 Å². The normalized spacial score (nSPS) is 19.0. The Hall–Kier alpha value is -1.11. The SMILES string of the molecule is CN=C(NCCCOC1CCOCC1)N1CCN(Cc2ccc(C(F)(F)F)cc2)CC1.I. The highest BCUT2D eigenvalue weighted by Crippen LogP contribution is 2.29. The third-order valence-electron chi connectivity index (χ3n) is 5.70. The van der Waals surface area contributed by atoms with Gasteiger partial charge in [-0.05, 0) is 37.0 Å². The maximum Gasteiger partial charge on any atom is 0.416 e. The Morgan fingerprint density at radius 1 is 1.12 bits per heavy atom. The molecule has 0 saturated carbocycles. The molecule has 0 unspecified atom stereocenters. The molecular weight excluding hydrogens is 536 g/mol. The largest absolute Gasteiger partial charge is 0.416 e. The second-order valence-electron chi connectivity index (χ2n) is 7.97. The third kappa shape index (κ3) is 8.68. The van der Waals surface area contributed by atoms with Crippen LogP contribution in [0.2, 0.25) is 0 Å². The summed E-state index contributed by atoms with van der Waals surface area (Å²) in [7, 11) is 1.79. The predicted octanol–water partition coefficient (Wildman–Crippen LogP) is 3.60. The van der Waals surface area contributed by atoms with E-state index in [-0.39, 0.29) is 24.0 Å². The lowest BCUT2D eigenvalue weighted by Gasteiger charge is -2.36. The second kappa shape index (κ2) is 13.6. The van der Waals surface area contributed by atoms with Crippen molar-refractivity contribution in [3.05, 3.63) is 35.4 Å². The molecule has 182 valence electrons. The van der Waals surface area contributed by atoms with Gasteiger partial charge in [-0.2, -0.15) is 13.2 Å². The Morgan fingerprint density at radius 3 is 2.38 bits per heavy atom. The molecule has 2 fully saturated rings. The number of halogens is 4. The van der Waals surface area contributed by atoms with Gasteiger partial charge in [0.25, 0.3) is 0 Å². The minimum absolute atomic E-state index is 0. The molecule has 0 aliphatic carbocycles. The highest BCUT2D eigenvalue weighted by molar-refractivity contribution is 14.0. The first kappa shape index (κ1) is 27.1. The van der Waals surface area contributed by atoms with Gasteiger partial charge in [-0.3, -0.25) is 9.89 Å². The Bertz CT molecular complexity index is 689. The third-order valence-corrected chi connectivity index (χ3v) is 5.70. The summed E-state index contributed by atoms with van der Waals surface area (Å²) in [5.41, 5.74) is 0.294. The van der Waals surface area contributed by atoms with Crippen LogP contribution in [0.25, 0.3) is 0 Å². The molecule has 0 aromatic heterocycles. The molecule has 0 bridgehead atoms. The zero-order valence-corrected chi connectivity index (χ0v) is 20.9. The fraction of sp³-hybridized carbons (Fsp3) is 0.682. The van der Waals surface area contributed by atoms with Crippen molar-refractivity contribution in [1.82, 2.24) is 15.1 Å². The molecule has 2 aliphatic rings. The van der Waals surface area contributed by atoms with Crippen LogP contribution in [0.1, 0.15) is 30.4 Å². The lowest BCUT2D eigenvalue weighted by atomic mass is 10.1. The van der Waals surface area contributed by atoms with Gasteiger partial charge in [0.15, 0.2) is 5.96 Å². The Balaban J connectivity index is 0.00000363. The molecule has 0 spiro atoms. The van der Waals surface area contributed by atoms with Crippen molar-refractivity contribution in [3.63, 3.8) is 0 Å². The lowest BCUT2D eigenvalue weighted by Crippen LogP contribution is -2.52. The van der Waals surface area contributed by atoms with Gasteiger partial charge in [-0.15, -0.1) is 24.0 Å². The summed E-state index contributed by atoms with van der Waals surface area (Å²) in [5, 5.41) is 3.41. The van der Waals surface area contributed by atoms with E-state index in [9.17, 15) is 13.2 Å². The van der Waals surface area contributed by atoms with Crippen molar-refractivity contribution in [3.8, 4) is 0 Å². The number of hydrogen-bond acceptors (Lipinski definition) is 4. The topological polar surface area (TPSA) is 49.3 Å². The van der Waals surface area contributed by atoms with Crippen LogP contribution in [0.15, 0.2) is 29.3 Å². The Kier molecular flexibility index (Phi) is 11.5. The average Bonchev–Trinajstić information content (AvgIpc) is 2.77. The van der Waals surface area contributed by atoms with Crippen molar-refractivity contribution in [1.29, 1.82) is 0 Å². The molecule has 3 rings (SSSR count). The van der Waals surface area contributed by atoms with Gasteiger partial charge < -0.3 is 19.7 Å². The van der Waals surface area contributed by atoms with Crippen LogP contribution in [-0.4, -0.2) is 81.5 Å². The predicted molar refractivity (Wildman–Crippen MR) is 129 cm³/mol. The maximum absolute atomic E-state index is 12.7. The second-order valence-corrected chi connectivity index (χ2v) is 7.97. The molecule has 1 aromatic carbocycles. The van der Waals surface area contributed by atoms with E-state index in [4.69, 9.17) is 9.47 Å².